The van der Waals surface area contributed by atoms with Gasteiger partial charge in [0.2, 0.25) is 0 Å². The van der Waals surface area contributed by atoms with Gasteiger partial charge >= 0.3 is 0 Å². The zero-order chi connectivity index (χ0) is 13.8. The van der Waals surface area contributed by atoms with E-state index in [1.54, 1.807) is 0 Å². The molecule has 0 spiro atoms. The highest BCUT2D eigenvalue weighted by Crippen LogP contribution is 2.24. The van der Waals surface area contributed by atoms with Crippen LogP contribution in [-0.4, -0.2) is 23.5 Å². The normalized spacial score (nSPS) is 17.4. The van der Waals surface area contributed by atoms with Crippen molar-refractivity contribution in [3.63, 3.8) is 0 Å². The van der Waals surface area contributed by atoms with Crippen LogP contribution in [0.15, 0.2) is 59.8 Å². The van der Waals surface area contributed by atoms with E-state index in [1.807, 2.05) is 54.6 Å². The van der Waals surface area contributed by atoms with Gasteiger partial charge in [-0.1, -0.05) is 35.5 Å². The standard InChI is InChI=1S/C16H15NO3/c18-11-15-10-16(17-20-15)12-5-4-8-14(9-12)19-13-6-2-1-3-7-13/h1-9,15,18H,10-11H2. The van der Waals surface area contributed by atoms with Gasteiger partial charge in [0.25, 0.3) is 0 Å². The molecule has 2 aromatic carbocycles. The van der Waals surface area contributed by atoms with Crippen molar-refractivity contribution in [2.24, 2.45) is 5.16 Å². The molecule has 1 atom stereocenters. The fraction of sp³-hybridized carbons (Fsp3) is 0.188. The Balaban J connectivity index is 1.77. The predicted octanol–water partition coefficient (Wildman–Crippen LogP) is 2.96. The lowest BCUT2D eigenvalue weighted by molar-refractivity contribution is 0.0390. The van der Waals surface area contributed by atoms with Crippen molar-refractivity contribution in [1.82, 2.24) is 0 Å². The van der Waals surface area contributed by atoms with Crippen molar-refractivity contribution in [3.8, 4) is 11.5 Å². The van der Waals surface area contributed by atoms with Gasteiger partial charge in [-0.2, -0.15) is 0 Å². The smallest absolute Gasteiger partial charge is 0.156 e. The van der Waals surface area contributed by atoms with Gasteiger partial charge in [-0.05, 0) is 24.3 Å². The summed E-state index contributed by atoms with van der Waals surface area (Å²) in [4.78, 5) is 5.12. The van der Waals surface area contributed by atoms with E-state index in [0.717, 1.165) is 22.8 Å². The molecule has 3 rings (SSSR count). The summed E-state index contributed by atoms with van der Waals surface area (Å²) in [6, 6.07) is 17.3. The molecule has 102 valence electrons. The topological polar surface area (TPSA) is 51.0 Å². The Kier molecular flexibility index (Phi) is 3.65. The summed E-state index contributed by atoms with van der Waals surface area (Å²) in [5.41, 5.74) is 1.79. The van der Waals surface area contributed by atoms with Crippen LogP contribution in [0, 0.1) is 0 Å². The molecule has 1 heterocycles. The molecule has 0 bridgehead atoms. The summed E-state index contributed by atoms with van der Waals surface area (Å²) in [6.45, 7) is -0.0206. The molecular formula is C16H15NO3. The summed E-state index contributed by atoms with van der Waals surface area (Å²) in [6.07, 6.45) is 0.384. The average molecular weight is 269 g/mol. The van der Waals surface area contributed by atoms with Crippen LogP contribution in [0.1, 0.15) is 12.0 Å². The van der Waals surface area contributed by atoms with Crippen LogP contribution in [0.5, 0.6) is 11.5 Å². The highest BCUT2D eigenvalue weighted by Gasteiger charge is 2.21. The molecule has 0 saturated carbocycles. The third-order valence-electron chi connectivity index (χ3n) is 3.08. The lowest BCUT2D eigenvalue weighted by Crippen LogP contribution is -2.12. The first-order valence-electron chi connectivity index (χ1n) is 6.52. The zero-order valence-electron chi connectivity index (χ0n) is 10.9. The van der Waals surface area contributed by atoms with Gasteiger partial charge < -0.3 is 14.7 Å². The van der Waals surface area contributed by atoms with Crippen molar-refractivity contribution in [2.45, 2.75) is 12.5 Å². The molecule has 4 nitrogen and oxygen atoms in total. The minimum absolute atomic E-state index is 0.0206. The maximum Gasteiger partial charge on any atom is 0.156 e. The van der Waals surface area contributed by atoms with E-state index in [9.17, 15) is 0 Å². The zero-order valence-corrected chi connectivity index (χ0v) is 10.9. The Bertz CT molecular complexity index is 610. The summed E-state index contributed by atoms with van der Waals surface area (Å²) in [5, 5.41) is 13.1. The molecule has 1 aliphatic heterocycles. The number of rotatable bonds is 4. The second-order valence-corrected chi connectivity index (χ2v) is 4.60. The lowest BCUT2D eigenvalue weighted by atomic mass is 10.1. The first-order chi connectivity index (χ1) is 9.85. The van der Waals surface area contributed by atoms with Gasteiger partial charge in [-0.15, -0.1) is 0 Å². The Morgan fingerprint density at radius 2 is 1.90 bits per heavy atom. The van der Waals surface area contributed by atoms with Crippen molar-refractivity contribution in [1.29, 1.82) is 0 Å². The van der Waals surface area contributed by atoms with Gasteiger partial charge in [0.1, 0.15) is 11.5 Å². The number of aliphatic hydroxyl groups is 1. The number of aliphatic hydroxyl groups excluding tert-OH is 1. The Hall–Kier alpha value is -2.33. The average Bonchev–Trinajstić information content (AvgIpc) is 2.98. The molecule has 0 amide bonds. The summed E-state index contributed by atoms with van der Waals surface area (Å²) in [5.74, 6) is 1.55. The largest absolute Gasteiger partial charge is 0.457 e. The van der Waals surface area contributed by atoms with Crippen LogP contribution in [0.25, 0.3) is 0 Å². The number of para-hydroxylation sites is 1. The van der Waals surface area contributed by atoms with E-state index in [0.29, 0.717) is 6.42 Å². The highest BCUT2D eigenvalue weighted by atomic mass is 16.6. The van der Waals surface area contributed by atoms with Gasteiger partial charge in [-0.3, -0.25) is 0 Å². The van der Waals surface area contributed by atoms with Crippen molar-refractivity contribution >= 4 is 5.71 Å². The number of ether oxygens (including phenoxy) is 1. The molecule has 0 aromatic heterocycles. The van der Waals surface area contributed by atoms with E-state index < -0.39 is 0 Å². The number of hydrogen-bond acceptors (Lipinski definition) is 4. The molecule has 0 radical (unpaired) electrons. The summed E-state index contributed by atoms with van der Waals surface area (Å²) in [7, 11) is 0. The first-order valence-corrected chi connectivity index (χ1v) is 6.52. The molecule has 0 saturated heterocycles. The first kappa shape index (κ1) is 12.7. The third kappa shape index (κ3) is 2.81. The highest BCUT2D eigenvalue weighted by molar-refractivity contribution is 6.01. The summed E-state index contributed by atoms with van der Waals surface area (Å²) < 4.78 is 5.79. The lowest BCUT2D eigenvalue weighted by Gasteiger charge is -2.07. The van der Waals surface area contributed by atoms with E-state index in [1.165, 1.54) is 0 Å². The Morgan fingerprint density at radius 1 is 1.10 bits per heavy atom. The van der Waals surface area contributed by atoms with E-state index >= 15 is 0 Å². The predicted molar refractivity (Wildman–Crippen MR) is 76.1 cm³/mol. The fourth-order valence-electron chi connectivity index (χ4n) is 2.06. The second kappa shape index (κ2) is 5.75. The molecule has 4 heteroatoms. The molecule has 2 aromatic rings. The van der Waals surface area contributed by atoms with Crippen LogP contribution in [0.4, 0.5) is 0 Å². The number of oxime groups is 1. The van der Waals surface area contributed by atoms with Crippen molar-refractivity contribution in [3.05, 3.63) is 60.2 Å². The van der Waals surface area contributed by atoms with Gasteiger partial charge in [0.05, 0.1) is 12.3 Å². The maximum atomic E-state index is 9.06. The van der Waals surface area contributed by atoms with Crippen molar-refractivity contribution < 1.29 is 14.7 Å². The fourth-order valence-corrected chi connectivity index (χ4v) is 2.06. The van der Waals surface area contributed by atoms with E-state index in [-0.39, 0.29) is 12.7 Å². The maximum absolute atomic E-state index is 9.06. The number of nitrogens with zero attached hydrogens (tertiary/aromatic N) is 1. The van der Waals surface area contributed by atoms with E-state index in [2.05, 4.69) is 5.16 Å². The summed E-state index contributed by atoms with van der Waals surface area (Å²) >= 11 is 0. The Morgan fingerprint density at radius 3 is 2.65 bits per heavy atom. The van der Waals surface area contributed by atoms with Crippen LogP contribution >= 0.6 is 0 Å². The van der Waals surface area contributed by atoms with Gasteiger partial charge in [-0.25, -0.2) is 0 Å². The molecular weight excluding hydrogens is 254 g/mol. The quantitative estimate of drug-likeness (QED) is 0.928. The molecule has 1 unspecified atom stereocenters. The van der Waals surface area contributed by atoms with Crippen molar-refractivity contribution in [2.75, 3.05) is 6.61 Å². The minimum Gasteiger partial charge on any atom is -0.457 e. The molecule has 0 fully saturated rings. The number of hydrogen-bond donors (Lipinski definition) is 1. The third-order valence-corrected chi connectivity index (χ3v) is 3.08. The molecule has 0 aliphatic carbocycles. The van der Waals surface area contributed by atoms with Crippen LogP contribution in [-0.2, 0) is 4.84 Å². The molecule has 1 aliphatic rings. The van der Waals surface area contributed by atoms with Crippen LogP contribution in [0.2, 0.25) is 0 Å². The molecule has 1 N–H and O–H groups in total. The monoisotopic (exact) mass is 269 g/mol. The molecule has 20 heavy (non-hydrogen) atoms. The van der Waals surface area contributed by atoms with E-state index in [4.69, 9.17) is 14.7 Å². The van der Waals surface area contributed by atoms with Gasteiger partial charge in [0.15, 0.2) is 6.10 Å². The number of benzene rings is 2. The SMILES string of the molecule is OCC1CC(c2cccc(Oc3ccccc3)c2)=NO1. The van der Waals surface area contributed by atoms with Gasteiger partial charge in [0, 0.05) is 12.0 Å². The Labute approximate surface area is 117 Å². The second-order valence-electron chi connectivity index (χ2n) is 4.60. The van der Waals surface area contributed by atoms with Crippen LogP contribution < -0.4 is 4.74 Å². The minimum atomic E-state index is -0.233. The van der Waals surface area contributed by atoms with Crippen LogP contribution in [0.3, 0.4) is 0 Å².